The van der Waals surface area contributed by atoms with E-state index in [1.54, 1.807) is 9.75 Å². The first-order valence-electron chi connectivity index (χ1n) is 8.87. The number of hydrogen-bond acceptors (Lipinski definition) is 2. The van der Waals surface area contributed by atoms with Crippen molar-refractivity contribution in [2.45, 2.75) is 71.8 Å². The summed E-state index contributed by atoms with van der Waals surface area (Å²) in [6.45, 7) is 8.46. The fourth-order valence-electron chi connectivity index (χ4n) is 3.88. The van der Waals surface area contributed by atoms with Gasteiger partial charge < -0.3 is 5.32 Å². The van der Waals surface area contributed by atoms with Gasteiger partial charge in [0.1, 0.15) is 0 Å². The first-order chi connectivity index (χ1) is 10.1. The third-order valence-electron chi connectivity index (χ3n) is 5.45. The van der Waals surface area contributed by atoms with E-state index in [1.165, 1.54) is 51.5 Å². The fraction of sp³-hybridized carbons (Fsp3) is 0.789. The summed E-state index contributed by atoms with van der Waals surface area (Å²) in [5, 5.41) is 3.79. The molecule has 1 aromatic heterocycles. The van der Waals surface area contributed by atoms with Crippen molar-refractivity contribution >= 4 is 11.3 Å². The molecule has 0 aromatic carbocycles. The topological polar surface area (TPSA) is 12.0 Å². The van der Waals surface area contributed by atoms with Crippen molar-refractivity contribution < 1.29 is 0 Å². The molecule has 0 spiro atoms. The van der Waals surface area contributed by atoms with E-state index < -0.39 is 0 Å². The van der Waals surface area contributed by atoms with E-state index >= 15 is 0 Å². The Morgan fingerprint density at radius 1 is 1.14 bits per heavy atom. The van der Waals surface area contributed by atoms with Crippen LogP contribution in [0.5, 0.6) is 0 Å². The summed E-state index contributed by atoms with van der Waals surface area (Å²) in [4.78, 5) is 3.17. The third-order valence-corrected chi connectivity index (χ3v) is 6.70. The number of rotatable bonds is 6. The zero-order valence-corrected chi connectivity index (χ0v) is 14.8. The Hall–Kier alpha value is -0.340. The second-order valence-corrected chi connectivity index (χ2v) is 9.29. The molecule has 3 rings (SSSR count). The summed E-state index contributed by atoms with van der Waals surface area (Å²) in [6, 6.07) is 5.58. The van der Waals surface area contributed by atoms with E-state index in [4.69, 9.17) is 0 Å². The largest absolute Gasteiger partial charge is 0.314 e. The van der Waals surface area contributed by atoms with Gasteiger partial charge in [0.05, 0.1) is 0 Å². The van der Waals surface area contributed by atoms with E-state index in [-0.39, 0.29) is 0 Å². The van der Waals surface area contributed by atoms with Crippen LogP contribution in [-0.4, -0.2) is 12.6 Å². The molecule has 2 aliphatic rings. The van der Waals surface area contributed by atoms with E-state index in [0.29, 0.717) is 5.41 Å². The van der Waals surface area contributed by atoms with Gasteiger partial charge in [0, 0.05) is 15.8 Å². The minimum atomic E-state index is 0.547. The Balaban J connectivity index is 1.63. The molecule has 2 saturated carbocycles. The molecule has 1 nitrogen and oxygen atoms in total. The zero-order valence-electron chi connectivity index (χ0n) is 14.0. The van der Waals surface area contributed by atoms with Gasteiger partial charge in [-0.1, -0.05) is 20.8 Å². The second-order valence-electron chi connectivity index (χ2n) is 8.04. The van der Waals surface area contributed by atoms with Crippen molar-refractivity contribution in [2.24, 2.45) is 17.3 Å². The average molecular weight is 306 g/mol. The smallest absolute Gasteiger partial charge is 0.00683 e. The highest BCUT2D eigenvalue weighted by atomic mass is 32.1. The Kier molecular flexibility index (Phi) is 4.75. The minimum absolute atomic E-state index is 0.547. The van der Waals surface area contributed by atoms with Crippen LogP contribution in [-0.2, 0) is 12.8 Å². The fourth-order valence-corrected chi connectivity index (χ4v) is 4.93. The molecule has 2 aliphatic carbocycles. The van der Waals surface area contributed by atoms with Crippen molar-refractivity contribution in [2.75, 3.05) is 6.54 Å². The molecule has 118 valence electrons. The SMILES string of the molecule is CCc1ccc(CC2CC(C)(C)CCC2CNC2CC2)s1. The van der Waals surface area contributed by atoms with Crippen LogP contribution in [0.2, 0.25) is 0 Å². The van der Waals surface area contributed by atoms with Crippen LogP contribution >= 0.6 is 11.3 Å². The molecule has 1 heterocycles. The van der Waals surface area contributed by atoms with Crippen LogP contribution in [0.4, 0.5) is 0 Å². The first-order valence-corrected chi connectivity index (χ1v) is 9.68. The number of nitrogens with one attached hydrogen (secondary N) is 1. The van der Waals surface area contributed by atoms with E-state index in [2.05, 4.69) is 38.2 Å². The molecule has 1 aromatic rings. The van der Waals surface area contributed by atoms with Crippen molar-refractivity contribution in [3.63, 3.8) is 0 Å². The second kappa shape index (κ2) is 6.42. The summed E-state index contributed by atoms with van der Waals surface area (Å²) >= 11 is 2.05. The summed E-state index contributed by atoms with van der Waals surface area (Å²) in [7, 11) is 0. The van der Waals surface area contributed by atoms with Gasteiger partial charge in [-0.15, -0.1) is 11.3 Å². The number of aryl methyl sites for hydroxylation is 1. The molecule has 2 atom stereocenters. The standard InChI is InChI=1S/C19H31NS/c1-4-17-7-8-18(21-17)11-15-12-19(2,3)10-9-14(15)13-20-16-5-6-16/h7-8,14-16,20H,4-6,9-13H2,1-3H3. The highest BCUT2D eigenvalue weighted by Crippen LogP contribution is 2.43. The maximum atomic E-state index is 3.79. The lowest BCUT2D eigenvalue weighted by Crippen LogP contribution is -2.37. The Morgan fingerprint density at radius 3 is 2.57 bits per heavy atom. The predicted molar refractivity (Wildman–Crippen MR) is 93.0 cm³/mol. The number of hydrogen-bond donors (Lipinski definition) is 1. The molecular weight excluding hydrogens is 274 g/mol. The van der Waals surface area contributed by atoms with Gasteiger partial charge in [0.2, 0.25) is 0 Å². The molecule has 0 bridgehead atoms. The van der Waals surface area contributed by atoms with Gasteiger partial charge in [-0.25, -0.2) is 0 Å². The van der Waals surface area contributed by atoms with Crippen LogP contribution in [0.25, 0.3) is 0 Å². The first kappa shape index (κ1) is 15.6. The van der Waals surface area contributed by atoms with Crippen LogP contribution in [0, 0.1) is 17.3 Å². The summed E-state index contributed by atoms with van der Waals surface area (Å²) in [5.41, 5.74) is 0.547. The zero-order chi connectivity index (χ0) is 14.9. The normalized spacial score (nSPS) is 28.7. The van der Waals surface area contributed by atoms with Crippen molar-refractivity contribution in [3.05, 3.63) is 21.9 Å². The molecule has 21 heavy (non-hydrogen) atoms. The Morgan fingerprint density at radius 2 is 1.90 bits per heavy atom. The van der Waals surface area contributed by atoms with Crippen LogP contribution in [0.1, 0.15) is 62.6 Å². The van der Waals surface area contributed by atoms with E-state index in [1.807, 2.05) is 11.3 Å². The van der Waals surface area contributed by atoms with Crippen molar-refractivity contribution in [1.29, 1.82) is 0 Å². The van der Waals surface area contributed by atoms with Gasteiger partial charge >= 0.3 is 0 Å². The Labute approximate surface area is 134 Å². The highest BCUT2D eigenvalue weighted by molar-refractivity contribution is 7.11. The van der Waals surface area contributed by atoms with Gasteiger partial charge in [-0.3, -0.25) is 0 Å². The average Bonchev–Trinajstić information content (AvgIpc) is 3.15. The molecule has 2 fully saturated rings. The predicted octanol–water partition coefficient (Wildman–Crippen LogP) is 5.05. The Bertz CT molecular complexity index is 456. The van der Waals surface area contributed by atoms with Crippen molar-refractivity contribution in [3.8, 4) is 0 Å². The third kappa shape index (κ3) is 4.32. The molecule has 2 heteroatoms. The highest BCUT2D eigenvalue weighted by Gasteiger charge is 2.35. The summed E-state index contributed by atoms with van der Waals surface area (Å²) < 4.78 is 0. The quantitative estimate of drug-likeness (QED) is 0.775. The summed E-state index contributed by atoms with van der Waals surface area (Å²) in [6.07, 6.45) is 9.55. The summed E-state index contributed by atoms with van der Waals surface area (Å²) in [5.74, 6) is 1.77. The monoisotopic (exact) mass is 305 g/mol. The molecule has 0 saturated heterocycles. The van der Waals surface area contributed by atoms with Crippen LogP contribution < -0.4 is 5.32 Å². The molecule has 0 radical (unpaired) electrons. The van der Waals surface area contributed by atoms with Gasteiger partial charge in [0.15, 0.2) is 0 Å². The van der Waals surface area contributed by atoms with Crippen LogP contribution in [0.15, 0.2) is 12.1 Å². The van der Waals surface area contributed by atoms with Gasteiger partial charge in [-0.2, -0.15) is 0 Å². The maximum Gasteiger partial charge on any atom is 0.00683 e. The van der Waals surface area contributed by atoms with E-state index in [9.17, 15) is 0 Å². The minimum Gasteiger partial charge on any atom is -0.314 e. The lowest BCUT2D eigenvalue weighted by molar-refractivity contribution is 0.116. The maximum absolute atomic E-state index is 3.79. The van der Waals surface area contributed by atoms with Gasteiger partial charge in [-0.05, 0) is 80.9 Å². The van der Waals surface area contributed by atoms with Crippen molar-refractivity contribution in [1.82, 2.24) is 5.32 Å². The molecular formula is C19H31NS. The van der Waals surface area contributed by atoms with E-state index in [0.717, 1.165) is 17.9 Å². The lowest BCUT2D eigenvalue weighted by Gasteiger charge is -2.41. The lowest BCUT2D eigenvalue weighted by atomic mass is 9.66. The molecule has 1 N–H and O–H groups in total. The van der Waals surface area contributed by atoms with Gasteiger partial charge in [0.25, 0.3) is 0 Å². The molecule has 2 unspecified atom stereocenters. The molecule has 0 amide bonds. The number of thiophene rings is 1. The van der Waals surface area contributed by atoms with Crippen LogP contribution in [0.3, 0.4) is 0 Å². The molecule has 0 aliphatic heterocycles.